The molecule has 4 aromatic rings. The van der Waals surface area contributed by atoms with E-state index >= 15 is 0 Å². The number of aromatic nitrogens is 2. The summed E-state index contributed by atoms with van der Waals surface area (Å²) in [5.74, 6) is -0.318. The third-order valence-corrected chi connectivity index (χ3v) is 7.98. The van der Waals surface area contributed by atoms with Crippen LogP contribution in [0.4, 0.5) is 4.39 Å². The van der Waals surface area contributed by atoms with Crippen LogP contribution in [-0.2, 0) is 27.6 Å². The summed E-state index contributed by atoms with van der Waals surface area (Å²) in [5.41, 5.74) is 1.44. The second-order valence-electron chi connectivity index (χ2n) is 7.63. The summed E-state index contributed by atoms with van der Waals surface area (Å²) >= 11 is 3.34. The van der Waals surface area contributed by atoms with Crippen LogP contribution >= 0.6 is 15.9 Å². The molecule has 0 spiro atoms. The number of sulfone groups is 1. The first-order chi connectivity index (χ1) is 15.2. The van der Waals surface area contributed by atoms with Crippen molar-refractivity contribution in [2.75, 3.05) is 0 Å². The molecule has 0 fully saturated rings. The van der Waals surface area contributed by atoms with Crippen molar-refractivity contribution in [3.05, 3.63) is 82.0 Å². The summed E-state index contributed by atoms with van der Waals surface area (Å²) in [6.45, 7) is 3.22. The first-order valence-corrected chi connectivity index (χ1v) is 12.2. The zero-order valence-electron chi connectivity index (χ0n) is 17.4. The number of aryl methyl sites for hydroxylation is 1. The Bertz CT molecular complexity index is 1430. The quantitative estimate of drug-likeness (QED) is 0.348. The highest BCUT2D eigenvalue weighted by molar-refractivity contribution is 9.10. The number of benzene rings is 2. The summed E-state index contributed by atoms with van der Waals surface area (Å²) in [5, 5.41) is 2.98. The molecule has 2 aromatic heterocycles. The number of hydrogen-bond acceptors (Lipinski definition) is 5. The fourth-order valence-corrected chi connectivity index (χ4v) is 5.58. The highest BCUT2D eigenvalue weighted by Crippen LogP contribution is 2.30. The van der Waals surface area contributed by atoms with Crippen molar-refractivity contribution in [3.8, 4) is 0 Å². The maximum atomic E-state index is 14.3. The molecule has 32 heavy (non-hydrogen) atoms. The van der Waals surface area contributed by atoms with Gasteiger partial charge in [0.15, 0.2) is 15.6 Å². The van der Waals surface area contributed by atoms with Crippen molar-refractivity contribution in [1.82, 2.24) is 9.72 Å². The van der Waals surface area contributed by atoms with Gasteiger partial charge in [0.05, 0.1) is 23.6 Å². The van der Waals surface area contributed by atoms with E-state index in [1.165, 1.54) is 19.2 Å². The summed E-state index contributed by atoms with van der Waals surface area (Å²) in [6.07, 6.45) is 1.34. The fraction of sp³-hybridized carbons (Fsp3) is 0.217. The number of carbonyl (C=O) groups is 1. The van der Waals surface area contributed by atoms with Crippen LogP contribution in [0, 0.1) is 12.7 Å². The third-order valence-electron chi connectivity index (χ3n) is 5.36. The van der Waals surface area contributed by atoms with E-state index in [2.05, 4.69) is 21.1 Å². The summed E-state index contributed by atoms with van der Waals surface area (Å²) in [6, 6.07) is 13.2. The largest absolute Gasteiger partial charge is 0.361 e. The molecule has 0 aliphatic rings. The molecule has 1 atom stereocenters. The van der Waals surface area contributed by atoms with Crippen LogP contribution in [-0.4, -0.2) is 29.2 Å². The van der Waals surface area contributed by atoms with E-state index in [1.54, 1.807) is 54.0 Å². The van der Waals surface area contributed by atoms with Gasteiger partial charge in [0, 0.05) is 33.2 Å². The molecule has 1 unspecified atom stereocenters. The zero-order chi connectivity index (χ0) is 23.0. The maximum absolute atomic E-state index is 14.3. The molecule has 9 heteroatoms. The number of para-hydroxylation sites is 1. The van der Waals surface area contributed by atoms with Gasteiger partial charge in [-0.05, 0) is 38.1 Å². The summed E-state index contributed by atoms with van der Waals surface area (Å²) < 4.78 is 48.5. The van der Waals surface area contributed by atoms with Crippen molar-refractivity contribution in [2.45, 2.75) is 37.0 Å². The second-order valence-corrected chi connectivity index (χ2v) is 10.8. The number of ketones is 1. The number of carbonyl (C=O) groups excluding carboxylic acids is 1. The molecule has 0 saturated heterocycles. The Morgan fingerprint density at radius 2 is 1.97 bits per heavy atom. The molecule has 0 aliphatic carbocycles. The third kappa shape index (κ3) is 4.27. The van der Waals surface area contributed by atoms with Crippen molar-refractivity contribution in [1.29, 1.82) is 0 Å². The van der Waals surface area contributed by atoms with Gasteiger partial charge in [-0.3, -0.25) is 4.79 Å². The van der Waals surface area contributed by atoms with Crippen LogP contribution in [0.25, 0.3) is 10.9 Å². The van der Waals surface area contributed by atoms with E-state index in [0.717, 1.165) is 4.47 Å². The average Bonchev–Trinajstić information content (AvgIpc) is 3.34. The average molecular weight is 519 g/mol. The van der Waals surface area contributed by atoms with Gasteiger partial charge >= 0.3 is 0 Å². The van der Waals surface area contributed by atoms with Gasteiger partial charge in [0.1, 0.15) is 16.8 Å². The summed E-state index contributed by atoms with van der Waals surface area (Å²) in [7, 11) is -4.00. The van der Waals surface area contributed by atoms with E-state index in [9.17, 15) is 17.6 Å². The van der Waals surface area contributed by atoms with Crippen molar-refractivity contribution in [3.63, 3.8) is 0 Å². The second kappa shape index (κ2) is 8.63. The molecule has 2 aromatic carbocycles. The van der Waals surface area contributed by atoms with E-state index in [0.29, 0.717) is 27.9 Å². The van der Waals surface area contributed by atoms with Gasteiger partial charge in [-0.15, -0.1) is 0 Å². The maximum Gasteiger partial charge on any atom is 0.190 e. The summed E-state index contributed by atoms with van der Waals surface area (Å²) in [4.78, 5) is 12.8. The normalized spacial score (nSPS) is 12.9. The number of nitrogens with zero attached hydrogens (tertiary/aromatic N) is 2. The first kappa shape index (κ1) is 22.4. The van der Waals surface area contributed by atoms with Crippen molar-refractivity contribution in [2.24, 2.45) is 0 Å². The fourth-order valence-electron chi connectivity index (χ4n) is 3.61. The number of fused-ring (bicyclic) bond motifs is 1. The van der Waals surface area contributed by atoms with Gasteiger partial charge in [-0.1, -0.05) is 39.3 Å². The lowest BCUT2D eigenvalue weighted by atomic mass is 10.2. The molecule has 166 valence electrons. The van der Waals surface area contributed by atoms with Gasteiger partial charge < -0.3 is 9.09 Å². The molecule has 0 radical (unpaired) electrons. The molecular formula is C23H20BrFN2O4S. The SMILES string of the molecule is Cc1cc(CC(=O)C(C)S(=O)(=O)c2cn(Cc3cc(Br)ccc3F)c3ccccc23)no1. The zero-order valence-corrected chi connectivity index (χ0v) is 19.8. The Balaban J connectivity index is 1.72. The highest BCUT2D eigenvalue weighted by Gasteiger charge is 2.32. The molecule has 4 rings (SSSR count). The lowest BCUT2D eigenvalue weighted by Crippen LogP contribution is -2.28. The molecule has 0 N–H and O–H groups in total. The smallest absolute Gasteiger partial charge is 0.190 e. The van der Waals surface area contributed by atoms with Crippen molar-refractivity contribution >= 4 is 42.5 Å². The van der Waals surface area contributed by atoms with Crippen molar-refractivity contribution < 1.29 is 22.1 Å². The van der Waals surface area contributed by atoms with Gasteiger partial charge in [0.2, 0.25) is 0 Å². The Morgan fingerprint density at radius 3 is 2.69 bits per heavy atom. The molecular weight excluding hydrogens is 499 g/mol. The van der Waals surface area contributed by atoms with E-state index in [1.807, 2.05) is 0 Å². The Morgan fingerprint density at radius 1 is 1.22 bits per heavy atom. The molecule has 0 bridgehead atoms. The van der Waals surface area contributed by atoms with Gasteiger partial charge in [-0.2, -0.15) is 0 Å². The molecule has 2 heterocycles. The number of halogens is 2. The van der Waals surface area contributed by atoms with Crippen LogP contribution in [0.1, 0.15) is 23.9 Å². The van der Waals surface area contributed by atoms with Crippen LogP contribution in [0.3, 0.4) is 0 Å². The predicted octanol–water partition coefficient (Wildman–Crippen LogP) is 4.86. The van der Waals surface area contributed by atoms with Gasteiger partial charge in [0.25, 0.3) is 0 Å². The Kier molecular flexibility index (Phi) is 6.05. The molecule has 0 amide bonds. The van der Waals surface area contributed by atoms with Crippen LogP contribution < -0.4 is 0 Å². The number of Topliss-reactive ketones (excluding diaryl/α,β-unsaturated/α-hetero) is 1. The van der Waals surface area contributed by atoms with Crippen LogP contribution in [0.15, 0.2) is 68.6 Å². The Labute approximate surface area is 193 Å². The topological polar surface area (TPSA) is 82.2 Å². The highest BCUT2D eigenvalue weighted by atomic mass is 79.9. The molecule has 0 aliphatic heterocycles. The number of hydrogen-bond donors (Lipinski definition) is 0. The van der Waals surface area contributed by atoms with E-state index < -0.39 is 20.9 Å². The standard InChI is InChI=1S/C23H20BrFN2O4S/c1-14-9-18(26-31-14)11-22(28)15(2)32(29,30)23-13-27(21-6-4-3-5-19(21)23)12-16-10-17(24)7-8-20(16)25/h3-10,13,15H,11-12H2,1-2H3. The minimum absolute atomic E-state index is 0.0423. The van der Waals surface area contributed by atoms with Crippen LogP contribution in [0.2, 0.25) is 0 Å². The minimum Gasteiger partial charge on any atom is -0.361 e. The van der Waals surface area contributed by atoms with E-state index in [4.69, 9.17) is 4.52 Å². The van der Waals surface area contributed by atoms with Crippen LogP contribution in [0.5, 0.6) is 0 Å². The first-order valence-electron chi connectivity index (χ1n) is 9.87. The molecule has 6 nitrogen and oxygen atoms in total. The Hall–Kier alpha value is -2.78. The number of rotatable bonds is 7. The van der Waals surface area contributed by atoms with Gasteiger partial charge in [-0.25, -0.2) is 12.8 Å². The molecule has 0 saturated carbocycles. The lowest BCUT2D eigenvalue weighted by Gasteiger charge is -2.10. The lowest BCUT2D eigenvalue weighted by molar-refractivity contribution is -0.117. The van der Waals surface area contributed by atoms with E-state index in [-0.39, 0.29) is 23.7 Å². The predicted molar refractivity (Wildman–Crippen MR) is 122 cm³/mol. The minimum atomic E-state index is -4.00. The monoisotopic (exact) mass is 518 g/mol.